The van der Waals surface area contributed by atoms with Crippen molar-refractivity contribution in [1.82, 2.24) is 15.1 Å². The number of rotatable bonds is 6. The molecule has 3 aromatic rings. The van der Waals surface area contributed by atoms with Crippen LogP contribution in [0.4, 0.5) is 17.6 Å². The molecule has 0 aliphatic rings. The van der Waals surface area contributed by atoms with Crippen molar-refractivity contribution in [2.75, 3.05) is 14.2 Å². The van der Waals surface area contributed by atoms with Gasteiger partial charge in [0.25, 0.3) is 5.91 Å². The van der Waals surface area contributed by atoms with E-state index in [2.05, 4.69) is 10.4 Å². The first-order valence-corrected chi connectivity index (χ1v) is 8.65. The summed E-state index contributed by atoms with van der Waals surface area (Å²) in [7, 11) is 2.85. The van der Waals surface area contributed by atoms with E-state index in [-0.39, 0.29) is 12.2 Å². The molecule has 0 atom stereocenters. The lowest BCUT2D eigenvalue weighted by atomic mass is 10.1. The Kier molecular flexibility index (Phi) is 5.95. The third kappa shape index (κ3) is 4.22. The summed E-state index contributed by atoms with van der Waals surface area (Å²) >= 11 is 0. The highest BCUT2D eigenvalue weighted by Gasteiger charge is 2.40. The molecule has 0 unspecified atom stereocenters. The Labute approximate surface area is 169 Å². The Hall–Kier alpha value is -3.56. The number of hydrogen-bond acceptors (Lipinski definition) is 4. The summed E-state index contributed by atoms with van der Waals surface area (Å²) in [6, 6.07) is 9.24. The van der Waals surface area contributed by atoms with Crippen molar-refractivity contribution in [3.8, 4) is 17.2 Å². The van der Waals surface area contributed by atoms with Crippen molar-refractivity contribution in [2.45, 2.75) is 12.7 Å². The van der Waals surface area contributed by atoms with Gasteiger partial charge in [0.1, 0.15) is 17.3 Å². The zero-order valence-corrected chi connectivity index (χ0v) is 16.0. The van der Waals surface area contributed by atoms with Crippen molar-refractivity contribution in [3.63, 3.8) is 0 Å². The number of ether oxygens (including phenoxy) is 2. The van der Waals surface area contributed by atoms with Gasteiger partial charge >= 0.3 is 6.18 Å². The molecule has 0 spiro atoms. The molecule has 0 radical (unpaired) electrons. The second-order valence-corrected chi connectivity index (χ2v) is 6.12. The Balaban J connectivity index is 1.93. The van der Waals surface area contributed by atoms with E-state index >= 15 is 0 Å². The fraction of sp³-hybridized carbons (Fsp3) is 0.200. The summed E-state index contributed by atoms with van der Waals surface area (Å²) in [5.74, 6) is -0.771. The SMILES string of the molecule is COc1cccc(OC)c1CNC(=O)c1cnn(-c2ccc(F)cc2)c1C(F)(F)F. The fourth-order valence-electron chi connectivity index (χ4n) is 2.93. The first kappa shape index (κ1) is 21.2. The van der Waals surface area contributed by atoms with Crippen LogP contribution in [0.25, 0.3) is 5.69 Å². The Bertz CT molecular complexity index is 1020. The van der Waals surface area contributed by atoms with E-state index in [1.807, 2.05) is 0 Å². The van der Waals surface area contributed by atoms with E-state index in [1.54, 1.807) is 18.2 Å². The molecule has 10 heteroatoms. The third-order valence-corrected chi connectivity index (χ3v) is 4.31. The Morgan fingerprint density at radius 3 is 2.20 bits per heavy atom. The maximum atomic E-state index is 13.7. The van der Waals surface area contributed by atoms with Crippen molar-refractivity contribution in [3.05, 3.63) is 71.3 Å². The van der Waals surface area contributed by atoms with Gasteiger partial charge in [-0.05, 0) is 36.4 Å². The largest absolute Gasteiger partial charge is 0.496 e. The van der Waals surface area contributed by atoms with E-state index in [0.29, 0.717) is 21.7 Å². The number of carbonyl (C=O) groups excluding carboxylic acids is 1. The zero-order chi connectivity index (χ0) is 21.9. The molecule has 1 heterocycles. The molecule has 30 heavy (non-hydrogen) atoms. The molecular weight excluding hydrogens is 406 g/mol. The van der Waals surface area contributed by atoms with Crippen LogP contribution in [0, 0.1) is 5.82 Å². The molecule has 1 amide bonds. The maximum Gasteiger partial charge on any atom is 0.434 e. The van der Waals surface area contributed by atoms with Gasteiger partial charge in [-0.25, -0.2) is 9.07 Å². The minimum absolute atomic E-state index is 0.0332. The van der Waals surface area contributed by atoms with E-state index in [9.17, 15) is 22.4 Å². The number of halogens is 4. The highest BCUT2D eigenvalue weighted by Crippen LogP contribution is 2.34. The lowest BCUT2D eigenvalue weighted by Crippen LogP contribution is -2.26. The molecule has 0 fully saturated rings. The third-order valence-electron chi connectivity index (χ3n) is 4.31. The number of carbonyl (C=O) groups is 1. The normalized spacial score (nSPS) is 11.3. The molecule has 1 N–H and O–H groups in total. The lowest BCUT2D eigenvalue weighted by molar-refractivity contribution is -0.143. The lowest BCUT2D eigenvalue weighted by Gasteiger charge is -2.15. The first-order valence-electron chi connectivity index (χ1n) is 8.65. The number of nitrogens with zero attached hydrogens (tertiary/aromatic N) is 2. The maximum absolute atomic E-state index is 13.7. The highest BCUT2D eigenvalue weighted by atomic mass is 19.4. The molecule has 1 aromatic heterocycles. The molecular formula is C20H17F4N3O3. The Morgan fingerprint density at radius 2 is 1.67 bits per heavy atom. The van der Waals surface area contributed by atoms with Crippen LogP contribution in [-0.2, 0) is 12.7 Å². The summed E-state index contributed by atoms with van der Waals surface area (Å²) in [5, 5.41) is 6.13. The molecule has 0 saturated carbocycles. The van der Waals surface area contributed by atoms with Crippen LogP contribution >= 0.6 is 0 Å². The number of amides is 1. The monoisotopic (exact) mass is 423 g/mol. The summed E-state index contributed by atoms with van der Waals surface area (Å²) in [5.41, 5.74) is -1.50. The van der Waals surface area contributed by atoms with Crippen LogP contribution < -0.4 is 14.8 Å². The van der Waals surface area contributed by atoms with Crippen molar-refractivity contribution in [1.29, 1.82) is 0 Å². The molecule has 0 aliphatic carbocycles. The van der Waals surface area contributed by atoms with Gasteiger partial charge in [0, 0.05) is 0 Å². The smallest absolute Gasteiger partial charge is 0.434 e. The Morgan fingerprint density at radius 1 is 1.07 bits per heavy atom. The second kappa shape index (κ2) is 8.44. The molecule has 0 aliphatic heterocycles. The predicted octanol–water partition coefficient (Wildman–Crippen LogP) is 3.98. The first-order chi connectivity index (χ1) is 14.3. The van der Waals surface area contributed by atoms with Gasteiger partial charge in [0.2, 0.25) is 0 Å². The van der Waals surface area contributed by atoms with Gasteiger partial charge in [-0.2, -0.15) is 18.3 Å². The van der Waals surface area contributed by atoms with E-state index in [0.717, 1.165) is 30.5 Å². The van der Waals surface area contributed by atoms with E-state index in [4.69, 9.17) is 9.47 Å². The van der Waals surface area contributed by atoms with Crippen LogP contribution in [0.1, 0.15) is 21.6 Å². The summed E-state index contributed by atoms with van der Waals surface area (Å²) < 4.78 is 65.2. The standard InChI is InChI=1S/C20H17F4N3O3/c1-29-16-4-3-5-17(30-2)14(16)10-25-19(28)15-11-26-27(18(15)20(22,23)24)13-8-6-12(21)7-9-13/h3-9,11H,10H2,1-2H3,(H,25,28). The average Bonchev–Trinajstić information content (AvgIpc) is 3.18. The minimum atomic E-state index is -4.88. The van der Waals surface area contributed by atoms with Crippen molar-refractivity contribution >= 4 is 5.91 Å². The fourth-order valence-corrected chi connectivity index (χ4v) is 2.93. The van der Waals surface area contributed by atoms with Crippen LogP contribution in [0.2, 0.25) is 0 Å². The molecule has 3 rings (SSSR count). The van der Waals surface area contributed by atoms with Gasteiger partial charge in [-0.15, -0.1) is 0 Å². The van der Waals surface area contributed by atoms with E-state index in [1.165, 1.54) is 14.2 Å². The molecule has 6 nitrogen and oxygen atoms in total. The van der Waals surface area contributed by atoms with E-state index < -0.39 is 29.2 Å². The summed E-state index contributed by atoms with van der Waals surface area (Å²) in [4.78, 5) is 12.6. The van der Waals surface area contributed by atoms with Gasteiger partial charge in [-0.1, -0.05) is 6.07 Å². The minimum Gasteiger partial charge on any atom is -0.496 e. The zero-order valence-electron chi connectivity index (χ0n) is 16.0. The molecule has 158 valence electrons. The van der Waals surface area contributed by atoms with Gasteiger partial charge < -0.3 is 14.8 Å². The van der Waals surface area contributed by atoms with Gasteiger partial charge in [-0.3, -0.25) is 4.79 Å². The molecule has 0 saturated heterocycles. The van der Waals surface area contributed by atoms with Crippen LogP contribution in [-0.4, -0.2) is 29.9 Å². The number of nitrogens with one attached hydrogen (secondary N) is 1. The number of alkyl halides is 3. The number of benzene rings is 2. The average molecular weight is 423 g/mol. The van der Waals surface area contributed by atoms with Gasteiger partial charge in [0.05, 0.1) is 43.8 Å². The van der Waals surface area contributed by atoms with Crippen LogP contribution in [0.15, 0.2) is 48.7 Å². The number of methoxy groups -OCH3 is 2. The summed E-state index contributed by atoms with van der Waals surface area (Å²) in [6.07, 6.45) is -4.05. The summed E-state index contributed by atoms with van der Waals surface area (Å²) in [6.45, 7) is -0.134. The quantitative estimate of drug-likeness (QED) is 0.610. The van der Waals surface area contributed by atoms with Crippen molar-refractivity contribution in [2.24, 2.45) is 0 Å². The molecule has 0 bridgehead atoms. The van der Waals surface area contributed by atoms with Gasteiger partial charge in [0.15, 0.2) is 5.69 Å². The number of aromatic nitrogens is 2. The predicted molar refractivity (Wildman–Crippen MR) is 99.2 cm³/mol. The number of hydrogen-bond donors (Lipinski definition) is 1. The molecule has 2 aromatic carbocycles. The highest BCUT2D eigenvalue weighted by molar-refractivity contribution is 5.95. The second-order valence-electron chi connectivity index (χ2n) is 6.12. The van der Waals surface area contributed by atoms with Crippen LogP contribution in [0.5, 0.6) is 11.5 Å². The van der Waals surface area contributed by atoms with Crippen LogP contribution in [0.3, 0.4) is 0 Å². The van der Waals surface area contributed by atoms with Crippen molar-refractivity contribution < 1.29 is 31.8 Å². The topological polar surface area (TPSA) is 65.4 Å².